The molecule has 1 aliphatic rings. The Morgan fingerprint density at radius 3 is 2.76 bits per heavy atom. The Morgan fingerprint density at radius 2 is 2.09 bits per heavy atom. The van der Waals surface area contributed by atoms with Crippen LogP contribution in [0.5, 0.6) is 0 Å². The fourth-order valence-electron chi connectivity index (χ4n) is 3.69. The van der Waals surface area contributed by atoms with Gasteiger partial charge < -0.3 is 29.8 Å². The van der Waals surface area contributed by atoms with E-state index >= 15 is 0 Å². The van der Waals surface area contributed by atoms with E-state index in [1.165, 1.54) is 0 Å². The molecular formula is C24H35IN4O4. The Hall–Kier alpha value is -2.27. The number of likely N-dealkylation sites (tertiary alicyclic amines) is 1. The molecule has 3 rings (SSSR count). The Labute approximate surface area is 212 Å². The van der Waals surface area contributed by atoms with E-state index in [0.29, 0.717) is 32.2 Å². The molecule has 1 saturated heterocycles. The SMILES string of the molecule is CCOC(=O)N1CCC(NC(=NCC(O)c2cccc(C)c2)NCCc2ccco2)CC1.I. The molecule has 0 spiro atoms. The van der Waals surface area contributed by atoms with Crippen LogP contribution in [0, 0.1) is 6.92 Å². The molecule has 33 heavy (non-hydrogen) atoms. The van der Waals surface area contributed by atoms with E-state index in [1.807, 2.05) is 50.2 Å². The van der Waals surface area contributed by atoms with Crippen molar-refractivity contribution < 1.29 is 19.1 Å². The standard InChI is InChI=1S/C24H34N4O4.HI/c1-3-31-24(30)28-13-10-20(11-14-28)27-23(25-12-9-21-8-5-15-32-21)26-17-22(29)19-7-4-6-18(2)16-19;/h4-8,15-16,20,22,29H,3,9-14,17H2,1-2H3,(H2,25,26,27);1H. The number of nitrogens with zero attached hydrogens (tertiary/aromatic N) is 2. The van der Waals surface area contributed by atoms with Gasteiger partial charge in [0, 0.05) is 32.1 Å². The maximum atomic E-state index is 11.9. The van der Waals surface area contributed by atoms with Crippen molar-refractivity contribution >= 4 is 36.0 Å². The number of guanidine groups is 1. The van der Waals surface area contributed by atoms with E-state index in [2.05, 4.69) is 15.6 Å². The average molecular weight is 570 g/mol. The summed E-state index contributed by atoms with van der Waals surface area (Å²) in [5.74, 6) is 1.55. The second-order valence-electron chi connectivity index (χ2n) is 7.98. The number of hydrogen-bond donors (Lipinski definition) is 3. The molecule has 1 fully saturated rings. The van der Waals surface area contributed by atoms with Crippen molar-refractivity contribution in [3.63, 3.8) is 0 Å². The topological polar surface area (TPSA) is 99.3 Å². The van der Waals surface area contributed by atoms with E-state index < -0.39 is 6.10 Å². The second kappa shape index (κ2) is 14.1. The van der Waals surface area contributed by atoms with Crippen molar-refractivity contribution in [1.29, 1.82) is 0 Å². The Morgan fingerprint density at radius 1 is 1.30 bits per heavy atom. The number of carbonyl (C=O) groups is 1. The number of aliphatic hydroxyl groups excluding tert-OH is 1. The number of rotatable bonds is 8. The first kappa shape index (κ1) is 27.0. The summed E-state index contributed by atoms with van der Waals surface area (Å²) in [6.45, 7) is 6.39. The van der Waals surface area contributed by atoms with Crippen molar-refractivity contribution in [2.45, 2.75) is 45.3 Å². The molecule has 1 aliphatic heterocycles. The third kappa shape index (κ3) is 8.88. The summed E-state index contributed by atoms with van der Waals surface area (Å²) in [4.78, 5) is 18.3. The summed E-state index contributed by atoms with van der Waals surface area (Å²) in [6.07, 6.45) is 3.08. The molecule has 1 aromatic heterocycles. The van der Waals surface area contributed by atoms with Gasteiger partial charge in [-0.15, -0.1) is 24.0 Å². The number of benzene rings is 1. The maximum absolute atomic E-state index is 11.9. The summed E-state index contributed by atoms with van der Waals surface area (Å²) in [6, 6.07) is 11.8. The summed E-state index contributed by atoms with van der Waals surface area (Å²) in [5.41, 5.74) is 1.96. The Balaban J connectivity index is 0.00000385. The van der Waals surface area contributed by atoms with E-state index in [4.69, 9.17) is 9.15 Å². The molecule has 182 valence electrons. The number of furan rings is 1. The zero-order valence-electron chi connectivity index (χ0n) is 19.3. The van der Waals surface area contributed by atoms with Gasteiger partial charge in [-0.3, -0.25) is 4.99 Å². The van der Waals surface area contributed by atoms with Crippen LogP contribution in [0.1, 0.15) is 42.8 Å². The van der Waals surface area contributed by atoms with Gasteiger partial charge in [-0.1, -0.05) is 29.8 Å². The number of halogens is 1. The highest BCUT2D eigenvalue weighted by atomic mass is 127. The molecule has 1 atom stereocenters. The highest BCUT2D eigenvalue weighted by molar-refractivity contribution is 14.0. The van der Waals surface area contributed by atoms with E-state index in [0.717, 1.165) is 36.1 Å². The molecule has 1 amide bonds. The number of ether oxygens (including phenoxy) is 1. The predicted octanol–water partition coefficient (Wildman–Crippen LogP) is 3.64. The quantitative estimate of drug-likeness (QED) is 0.255. The van der Waals surface area contributed by atoms with Gasteiger partial charge in [-0.05, 0) is 44.4 Å². The van der Waals surface area contributed by atoms with Gasteiger partial charge in [-0.25, -0.2) is 4.79 Å². The van der Waals surface area contributed by atoms with Gasteiger partial charge in [-0.2, -0.15) is 0 Å². The van der Waals surface area contributed by atoms with Crippen LogP contribution in [0.25, 0.3) is 0 Å². The largest absolute Gasteiger partial charge is 0.469 e. The first-order chi connectivity index (χ1) is 15.5. The lowest BCUT2D eigenvalue weighted by molar-refractivity contribution is 0.0963. The highest BCUT2D eigenvalue weighted by Gasteiger charge is 2.24. The zero-order valence-corrected chi connectivity index (χ0v) is 21.7. The summed E-state index contributed by atoms with van der Waals surface area (Å²) in [7, 11) is 0. The Kier molecular flexibility index (Phi) is 11.5. The predicted molar refractivity (Wildman–Crippen MR) is 139 cm³/mol. The minimum atomic E-state index is -0.677. The number of aliphatic imine (C=N–C) groups is 1. The van der Waals surface area contributed by atoms with E-state index in [1.54, 1.807) is 11.2 Å². The monoisotopic (exact) mass is 570 g/mol. The third-order valence-corrected chi connectivity index (χ3v) is 5.45. The lowest BCUT2D eigenvalue weighted by Crippen LogP contribution is -2.50. The second-order valence-corrected chi connectivity index (χ2v) is 7.98. The molecule has 3 N–H and O–H groups in total. The first-order valence-corrected chi connectivity index (χ1v) is 11.3. The van der Waals surface area contributed by atoms with Crippen molar-refractivity contribution in [3.05, 3.63) is 59.5 Å². The van der Waals surface area contributed by atoms with Crippen LogP contribution >= 0.6 is 24.0 Å². The van der Waals surface area contributed by atoms with E-state index in [-0.39, 0.29) is 42.7 Å². The summed E-state index contributed by atoms with van der Waals surface area (Å²) < 4.78 is 10.5. The zero-order chi connectivity index (χ0) is 22.8. The molecule has 1 aromatic carbocycles. The molecular weight excluding hydrogens is 535 g/mol. The maximum Gasteiger partial charge on any atom is 0.409 e. The van der Waals surface area contributed by atoms with Gasteiger partial charge in [0.25, 0.3) is 0 Å². The molecule has 1 unspecified atom stereocenters. The number of aliphatic hydroxyl groups is 1. The number of hydrogen-bond acceptors (Lipinski definition) is 5. The van der Waals surface area contributed by atoms with Crippen molar-refractivity contribution in [2.75, 3.05) is 32.8 Å². The van der Waals surface area contributed by atoms with Crippen molar-refractivity contribution in [1.82, 2.24) is 15.5 Å². The molecule has 0 saturated carbocycles. The van der Waals surface area contributed by atoms with Crippen LogP contribution < -0.4 is 10.6 Å². The van der Waals surface area contributed by atoms with Crippen molar-refractivity contribution in [2.24, 2.45) is 4.99 Å². The average Bonchev–Trinajstić information content (AvgIpc) is 3.31. The van der Waals surface area contributed by atoms with Gasteiger partial charge in [0.2, 0.25) is 0 Å². The molecule has 2 aromatic rings. The van der Waals surface area contributed by atoms with Crippen LogP contribution in [0.15, 0.2) is 52.1 Å². The lowest BCUT2D eigenvalue weighted by Gasteiger charge is -2.32. The van der Waals surface area contributed by atoms with E-state index in [9.17, 15) is 9.90 Å². The molecule has 0 bridgehead atoms. The summed E-state index contributed by atoms with van der Waals surface area (Å²) >= 11 is 0. The van der Waals surface area contributed by atoms with Crippen LogP contribution in [-0.4, -0.2) is 60.9 Å². The molecule has 2 heterocycles. The van der Waals surface area contributed by atoms with Crippen molar-refractivity contribution in [3.8, 4) is 0 Å². The fraction of sp³-hybridized carbons (Fsp3) is 0.500. The third-order valence-electron chi connectivity index (χ3n) is 5.45. The molecule has 0 radical (unpaired) electrons. The molecule has 8 nitrogen and oxygen atoms in total. The van der Waals surface area contributed by atoms with Crippen LogP contribution in [-0.2, 0) is 11.2 Å². The number of nitrogens with one attached hydrogen (secondary N) is 2. The number of aryl methyl sites for hydroxylation is 1. The van der Waals surface area contributed by atoms with Crippen LogP contribution in [0.3, 0.4) is 0 Å². The highest BCUT2D eigenvalue weighted by Crippen LogP contribution is 2.15. The normalized spacial score (nSPS) is 15.5. The summed E-state index contributed by atoms with van der Waals surface area (Å²) in [5, 5.41) is 17.4. The van der Waals surface area contributed by atoms with Crippen LogP contribution in [0.2, 0.25) is 0 Å². The van der Waals surface area contributed by atoms with Crippen LogP contribution in [0.4, 0.5) is 4.79 Å². The number of piperidine rings is 1. The number of carbonyl (C=O) groups excluding carboxylic acids is 1. The fourth-order valence-corrected chi connectivity index (χ4v) is 3.69. The lowest BCUT2D eigenvalue weighted by atomic mass is 10.1. The minimum absolute atomic E-state index is 0. The van der Waals surface area contributed by atoms with Gasteiger partial charge in [0.05, 0.1) is 25.5 Å². The number of amides is 1. The Bertz CT molecular complexity index is 867. The smallest absolute Gasteiger partial charge is 0.409 e. The minimum Gasteiger partial charge on any atom is -0.469 e. The first-order valence-electron chi connectivity index (χ1n) is 11.3. The molecule has 9 heteroatoms. The molecule has 0 aliphatic carbocycles. The van der Waals surface area contributed by atoms with Gasteiger partial charge in [0.15, 0.2) is 5.96 Å². The van der Waals surface area contributed by atoms with Gasteiger partial charge in [0.1, 0.15) is 5.76 Å². The van der Waals surface area contributed by atoms with Gasteiger partial charge >= 0.3 is 6.09 Å².